The maximum absolute atomic E-state index is 12.7. The van der Waals surface area contributed by atoms with Crippen molar-refractivity contribution >= 4 is 22.9 Å². The number of carbonyl (C=O) groups excluding carboxylic acids is 1. The van der Waals surface area contributed by atoms with E-state index in [1.165, 1.54) is 6.07 Å². The van der Waals surface area contributed by atoms with E-state index < -0.39 is 0 Å². The van der Waals surface area contributed by atoms with Gasteiger partial charge in [-0.3, -0.25) is 14.7 Å². The van der Waals surface area contributed by atoms with Crippen LogP contribution in [0.4, 0.5) is 0 Å². The molecular weight excluding hydrogens is 324 g/mol. The fourth-order valence-electron chi connectivity index (χ4n) is 2.82. The Morgan fingerprint density at radius 1 is 1.46 bits per heavy atom. The lowest BCUT2D eigenvalue weighted by atomic mass is 10.1. The minimum atomic E-state index is -0.197. The van der Waals surface area contributed by atoms with Crippen LogP contribution in [0.5, 0.6) is 0 Å². The first-order chi connectivity index (χ1) is 11.4. The molecule has 0 saturated carbocycles. The molecule has 1 atom stereocenters. The second kappa shape index (κ2) is 6.24. The molecule has 0 fully saturated rings. The van der Waals surface area contributed by atoms with Crippen LogP contribution >= 0.6 is 11.3 Å². The van der Waals surface area contributed by atoms with Crippen LogP contribution in [0, 0.1) is 13.8 Å². The Morgan fingerprint density at radius 3 is 2.88 bits per heavy atom. The highest BCUT2D eigenvalue weighted by Crippen LogP contribution is 2.24. The molecule has 6 nitrogen and oxygen atoms in total. The zero-order chi connectivity index (χ0) is 17.4. The summed E-state index contributed by atoms with van der Waals surface area (Å²) in [5.74, 6) is 0.0257. The largest absolute Gasteiger partial charge is 0.338 e. The summed E-state index contributed by atoms with van der Waals surface area (Å²) in [4.78, 5) is 31.6. The lowest BCUT2D eigenvalue weighted by Crippen LogP contribution is -2.31. The number of hydrogen-bond donors (Lipinski definition) is 1. The summed E-state index contributed by atoms with van der Waals surface area (Å²) in [5.41, 5.74) is 2.84. The molecular formula is C17H20N4O2S. The first-order valence-electron chi connectivity index (χ1n) is 7.75. The maximum atomic E-state index is 12.7. The number of amides is 1. The molecule has 0 bridgehead atoms. The highest BCUT2D eigenvalue weighted by molar-refractivity contribution is 7.10. The Morgan fingerprint density at radius 2 is 2.21 bits per heavy atom. The smallest absolute Gasteiger partial charge is 0.266 e. The van der Waals surface area contributed by atoms with Gasteiger partial charge in [-0.1, -0.05) is 6.07 Å². The molecule has 0 spiro atoms. The van der Waals surface area contributed by atoms with Crippen molar-refractivity contribution in [2.45, 2.75) is 33.2 Å². The van der Waals surface area contributed by atoms with Crippen LogP contribution in [-0.4, -0.2) is 32.5 Å². The molecule has 3 aromatic rings. The van der Waals surface area contributed by atoms with Gasteiger partial charge >= 0.3 is 0 Å². The van der Waals surface area contributed by atoms with E-state index in [-0.39, 0.29) is 23.9 Å². The summed E-state index contributed by atoms with van der Waals surface area (Å²) >= 11 is 1.64. The Hall–Kier alpha value is -2.41. The summed E-state index contributed by atoms with van der Waals surface area (Å²) in [5, 5.41) is 4.73. The van der Waals surface area contributed by atoms with Gasteiger partial charge in [0.2, 0.25) is 5.91 Å². The van der Waals surface area contributed by atoms with Gasteiger partial charge in [0.15, 0.2) is 5.65 Å². The molecule has 3 rings (SSSR count). The zero-order valence-electron chi connectivity index (χ0n) is 14.2. The molecule has 1 amide bonds. The van der Waals surface area contributed by atoms with Crippen molar-refractivity contribution in [3.63, 3.8) is 0 Å². The van der Waals surface area contributed by atoms with Crippen molar-refractivity contribution < 1.29 is 4.79 Å². The summed E-state index contributed by atoms with van der Waals surface area (Å²) < 4.78 is 1.64. The first kappa shape index (κ1) is 16.4. The average molecular weight is 344 g/mol. The number of rotatable bonds is 4. The minimum Gasteiger partial charge on any atom is -0.338 e. The summed E-state index contributed by atoms with van der Waals surface area (Å²) in [6, 6.07) is 5.51. The van der Waals surface area contributed by atoms with Crippen LogP contribution in [-0.2, 0) is 11.2 Å². The molecule has 3 aromatic heterocycles. The van der Waals surface area contributed by atoms with Crippen molar-refractivity contribution in [3.05, 3.63) is 55.8 Å². The quantitative estimate of drug-likeness (QED) is 0.790. The van der Waals surface area contributed by atoms with Crippen molar-refractivity contribution in [2.75, 3.05) is 7.05 Å². The van der Waals surface area contributed by atoms with Crippen molar-refractivity contribution in [3.8, 4) is 0 Å². The van der Waals surface area contributed by atoms with Gasteiger partial charge in [0.05, 0.1) is 12.5 Å². The Balaban J connectivity index is 1.89. The number of likely N-dealkylation sites (N-methyl/N-ethyl adjacent to an activating group) is 1. The van der Waals surface area contributed by atoms with Gasteiger partial charge in [0.25, 0.3) is 5.56 Å². The molecule has 0 unspecified atom stereocenters. The van der Waals surface area contributed by atoms with Crippen LogP contribution in [0.2, 0.25) is 0 Å². The lowest BCUT2D eigenvalue weighted by Gasteiger charge is -2.25. The van der Waals surface area contributed by atoms with Crippen LogP contribution in [0.15, 0.2) is 28.4 Å². The number of aromatic nitrogens is 3. The normalized spacial score (nSPS) is 12.5. The van der Waals surface area contributed by atoms with Gasteiger partial charge in [-0.2, -0.15) is 0 Å². The molecule has 0 radical (unpaired) electrons. The SMILES string of the molecule is Cc1nc2cc(=O)[nH]n2c(C)c1CC(=O)N(C)[C@H](C)c1cccs1. The van der Waals surface area contributed by atoms with E-state index in [4.69, 9.17) is 0 Å². The standard InChI is InChI=1S/C17H20N4O2S/c1-10-13(11(2)21-15(18-10)9-16(22)19-21)8-17(23)20(4)12(3)14-6-5-7-24-14/h5-7,9,12H,8H2,1-4H3,(H,19,22)/t12-/m1/s1. The highest BCUT2D eigenvalue weighted by atomic mass is 32.1. The van der Waals surface area contributed by atoms with E-state index in [0.717, 1.165) is 21.8 Å². The van der Waals surface area contributed by atoms with Gasteiger partial charge in [-0.25, -0.2) is 9.50 Å². The number of nitrogens with one attached hydrogen (secondary N) is 1. The predicted molar refractivity (Wildman–Crippen MR) is 94.5 cm³/mol. The number of carbonyl (C=O) groups is 1. The molecule has 0 aliphatic heterocycles. The number of aryl methyl sites for hydroxylation is 2. The van der Waals surface area contributed by atoms with E-state index in [0.29, 0.717) is 5.65 Å². The highest BCUT2D eigenvalue weighted by Gasteiger charge is 2.21. The minimum absolute atomic E-state index is 0.0257. The molecule has 0 aliphatic carbocycles. The number of nitrogens with zero attached hydrogens (tertiary/aromatic N) is 3. The molecule has 0 aliphatic rings. The van der Waals surface area contributed by atoms with E-state index in [2.05, 4.69) is 10.1 Å². The Bertz CT molecular complexity index is 940. The van der Waals surface area contributed by atoms with E-state index in [1.807, 2.05) is 45.3 Å². The number of thiophene rings is 1. The maximum Gasteiger partial charge on any atom is 0.266 e. The topological polar surface area (TPSA) is 70.5 Å². The summed E-state index contributed by atoms with van der Waals surface area (Å²) in [7, 11) is 1.82. The number of H-pyrrole nitrogens is 1. The van der Waals surface area contributed by atoms with Crippen molar-refractivity contribution in [2.24, 2.45) is 0 Å². The van der Waals surface area contributed by atoms with Crippen LogP contribution < -0.4 is 5.56 Å². The third kappa shape index (κ3) is 2.87. The van der Waals surface area contributed by atoms with E-state index in [9.17, 15) is 9.59 Å². The van der Waals surface area contributed by atoms with Crippen LogP contribution in [0.25, 0.3) is 5.65 Å². The van der Waals surface area contributed by atoms with Gasteiger partial charge in [-0.05, 0) is 32.2 Å². The van der Waals surface area contributed by atoms with E-state index in [1.54, 1.807) is 20.8 Å². The van der Waals surface area contributed by atoms with Gasteiger partial charge in [-0.15, -0.1) is 11.3 Å². The third-order valence-corrected chi connectivity index (χ3v) is 5.50. The molecule has 24 heavy (non-hydrogen) atoms. The van der Waals surface area contributed by atoms with Gasteiger partial charge < -0.3 is 4.90 Å². The van der Waals surface area contributed by atoms with Crippen LogP contribution in [0.3, 0.4) is 0 Å². The lowest BCUT2D eigenvalue weighted by molar-refractivity contribution is -0.131. The van der Waals surface area contributed by atoms with Crippen molar-refractivity contribution in [1.29, 1.82) is 0 Å². The third-order valence-electron chi connectivity index (χ3n) is 4.46. The predicted octanol–water partition coefficient (Wildman–Crippen LogP) is 2.46. The Labute approximate surface area is 143 Å². The number of hydrogen-bond acceptors (Lipinski definition) is 4. The fourth-order valence-corrected chi connectivity index (χ4v) is 3.65. The van der Waals surface area contributed by atoms with Crippen LogP contribution in [0.1, 0.15) is 34.8 Å². The molecule has 0 aromatic carbocycles. The van der Waals surface area contributed by atoms with E-state index >= 15 is 0 Å². The molecule has 3 heterocycles. The number of aromatic amines is 1. The molecule has 126 valence electrons. The molecule has 1 N–H and O–H groups in total. The Kier molecular flexibility index (Phi) is 4.28. The van der Waals surface area contributed by atoms with Gasteiger partial charge in [0.1, 0.15) is 0 Å². The van der Waals surface area contributed by atoms with Gasteiger partial charge in [0, 0.05) is 34.9 Å². The fraction of sp³-hybridized carbons (Fsp3) is 0.353. The molecule has 7 heteroatoms. The second-order valence-corrected chi connectivity index (χ2v) is 6.93. The first-order valence-corrected chi connectivity index (χ1v) is 8.63. The number of fused-ring (bicyclic) bond motifs is 1. The summed E-state index contributed by atoms with van der Waals surface area (Å²) in [6.07, 6.45) is 0.257. The monoisotopic (exact) mass is 344 g/mol. The summed E-state index contributed by atoms with van der Waals surface area (Å²) in [6.45, 7) is 5.78. The average Bonchev–Trinajstić information content (AvgIpc) is 3.19. The zero-order valence-corrected chi connectivity index (χ0v) is 15.0. The van der Waals surface area contributed by atoms with Crippen molar-refractivity contribution in [1.82, 2.24) is 19.5 Å². The second-order valence-electron chi connectivity index (χ2n) is 5.95. The molecule has 0 saturated heterocycles.